The van der Waals surface area contributed by atoms with Gasteiger partial charge in [0.05, 0.1) is 9.82 Å². The average Bonchev–Trinajstić information content (AvgIpc) is 2.55. The molecule has 0 aromatic heterocycles. The lowest BCUT2D eigenvalue weighted by Crippen LogP contribution is -2.26. The van der Waals surface area contributed by atoms with Gasteiger partial charge in [0.25, 0.3) is 11.6 Å². The summed E-state index contributed by atoms with van der Waals surface area (Å²) in [7, 11) is 1.53. The number of nitro benzene ring substituents is 1. The summed E-state index contributed by atoms with van der Waals surface area (Å²) in [6.07, 6.45) is 1.73. The highest BCUT2D eigenvalue weighted by atomic mass is 32.2. The number of benzene rings is 2. The molecule has 0 heterocycles. The smallest absolute Gasteiger partial charge is 0.283 e. The van der Waals surface area contributed by atoms with Gasteiger partial charge in [0.1, 0.15) is 5.82 Å². The highest BCUT2D eigenvalue weighted by molar-refractivity contribution is 7.98. The molecule has 0 unspecified atom stereocenters. The van der Waals surface area contributed by atoms with Crippen LogP contribution in [0, 0.1) is 15.9 Å². The Kier molecular flexibility index (Phi) is 5.33. The number of thioether (sulfide) groups is 1. The predicted octanol–water partition coefficient (Wildman–Crippen LogP) is 3.73. The molecule has 2 aromatic carbocycles. The lowest BCUT2D eigenvalue weighted by molar-refractivity contribution is -0.387. The van der Waals surface area contributed by atoms with Gasteiger partial charge < -0.3 is 4.90 Å². The van der Waals surface area contributed by atoms with Gasteiger partial charge in [0, 0.05) is 30.8 Å². The summed E-state index contributed by atoms with van der Waals surface area (Å²) >= 11 is 1.24. The fourth-order valence-electron chi connectivity index (χ4n) is 2.14. The van der Waals surface area contributed by atoms with Crippen LogP contribution in [-0.4, -0.2) is 29.0 Å². The minimum absolute atomic E-state index is 0.0869. The van der Waals surface area contributed by atoms with Crippen molar-refractivity contribution in [3.63, 3.8) is 0 Å². The monoisotopic (exact) mass is 334 g/mol. The number of amides is 1. The Bertz CT molecular complexity index is 752. The van der Waals surface area contributed by atoms with Crippen molar-refractivity contribution in [1.29, 1.82) is 0 Å². The van der Waals surface area contributed by atoms with Gasteiger partial charge in [-0.2, -0.15) is 0 Å². The molecule has 0 atom stereocenters. The SMILES string of the molecule is CSc1ccc(C(=O)N(C)Cc2ccccc2F)cc1[N+](=O)[O-]. The van der Waals surface area contributed by atoms with Crippen LogP contribution in [0.2, 0.25) is 0 Å². The number of hydrogen-bond acceptors (Lipinski definition) is 4. The van der Waals surface area contributed by atoms with E-state index in [1.54, 1.807) is 36.6 Å². The van der Waals surface area contributed by atoms with Crippen LogP contribution in [0.5, 0.6) is 0 Å². The molecular formula is C16H15FN2O3S. The minimum Gasteiger partial charge on any atom is -0.337 e. The highest BCUT2D eigenvalue weighted by Gasteiger charge is 2.19. The number of carbonyl (C=O) groups excluding carboxylic acids is 1. The first-order valence-electron chi connectivity index (χ1n) is 6.75. The predicted molar refractivity (Wildman–Crippen MR) is 87.1 cm³/mol. The summed E-state index contributed by atoms with van der Waals surface area (Å²) in [5.74, 6) is -0.792. The van der Waals surface area contributed by atoms with E-state index in [0.717, 1.165) is 0 Å². The maximum atomic E-state index is 13.7. The van der Waals surface area contributed by atoms with Crippen molar-refractivity contribution in [3.8, 4) is 0 Å². The normalized spacial score (nSPS) is 10.4. The Hall–Kier alpha value is -2.41. The second-order valence-corrected chi connectivity index (χ2v) is 5.74. The lowest BCUT2D eigenvalue weighted by atomic mass is 10.1. The van der Waals surface area contributed by atoms with Crippen LogP contribution >= 0.6 is 11.8 Å². The highest BCUT2D eigenvalue weighted by Crippen LogP contribution is 2.28. The summed E-state index contributed by atoms with van der Waals surface area (Å²) in [5.41, 5.74) is 0.481. The van der Waals surface area contributed by atoms with E-state index in [1.807, 2.05) is 0 Å². The second-order valence-electron chi connectivity index (χ2n) is 4.90. The molecule has 0 aliphatic heterocycles. The van der Waals surface area contributed by atoms with Gasteiger partial charge in [-0.25, -0.2) is 4.39 Å². The molecule has 1 amide bonds. The van der Waals surface area contributed by atoms with E-state index >= 15 is 0 Å². The fourth-order valence-corrected chi connectivity index (χ4v) is 2.69. The summed E-state index contributed by atoms with van der Waals surface area (Å²) in [4.78, 5) is 24.8. The summed E-state index contributed by atoms with van der Waals surface area (Å²) in [6.45, 7) is 0.0869. The first kappa shape index (κ1) is 17.0. The second kappa shape index (κ2) is 7.23. The van der Waals surface area contributed by atoms with Crippen molar-refractivity contribution in [2.75, 3.05) is 13.3 Å². The molecule has 5 nitrogen and oxygen atoms in total. The number of nitro groups is 1. The van der Waals surface area contributed by atoms with Gasteiger partial charge in [0.15, 0.2) is 0 Å². The van der Waals surface area contributed by atoms with Gasteiger partial charge in [-0.1, -0.05) is 18.2 Å². The van der Waals surface area contributed by atoms with Gasteiger partial charge in [-0.05, 0) is 24.5 Å². The first-order chi connectivity index (χ1) is 10.9. The van der Waals surface area contributed by atoms with Crippen molar-refractivity contribution >= 4 is 23.4 Å². The molecule has 0 N–H and O–H groups in total. The lowest BCUT2D eigenvalue weighted by Gasteiger charge is -2.18. The molecule has 7 heteroatoms. The molecule has 2 rings (SSSR count). The van der Waals surface area contributed by atoms with Crippen molar-refractivity contribution in [1.82, 2.24) is 4.90 Å². The molecule has 0 aliphatic carbocycles. The van der Waals surface area contributed by atoms with Crippen LogP contribution in [0.15, 0.2) is 47.4 Å². The topological polar surface area (TPSA) is 63.5 Å². The number of halogens is 1. The Morgan fingerprint density at radius 2 is 2.00 bits per heavy atom. The molecule has 2 aromatic rings. The molecular weight excluding hydrogens is 319 g/mol. The van der Waals surface area contributed by atoms with Crippen molar-refractivity contribution in [2.45, 2.75) is 11.4 Å². The van der Waals surface area contributed by atoms with Crippen molar-refractivity contribution < 1.29 is 14.1 Å². The van der Waals surface area contributed by atoms with Crippen molar-refractivity contribution in [3.05, 3.63) is 69.5 Å². The molecule has 0 saturated carbocycles. The van der Waals surface area contributed by atoms with Crippen LogP contribution in [0.1, 0.15) is 15.9 Å². The number of carbonyl (C=O) groups is 1. The van der Waals surface area contributed by atoms with E-state index in [0.29, 0.717) is 10.5 Å². The quantitative estimate of drug-likeness (QED) is 0.475. The van der Waals surface area contributed by atoms with E-state index in [-0.39, 0.29) is 17.8 Å². The molecule has 0 saturated heterocycles. The van der Waals surface area contributed by atoms with Gasteiger partial charge in [-0.15, -0.1) is 11.8 Å². The van der Waals surface area contributed by atoms with Gasteiger partial charge in [-0.3, -0.25) is 14.9 Å². The van der Waals surface area contributed by atoms with Gasteiger partial charge in [0.2, 0.25) is 0 Å². The number of hydrogen-bond donors (Lipinski definition) is 0. The van der Waals surface area contributed by atoms with Crippen LogP contribution in [-0.2, 0) is 6.54 Å². The van der Waals surface area contributed by atoms with E-state index < -0.39 is 16.6 Å². The van der Waals surface area contributed by atoms with Crippen LogP contribution in [0.4, 0.5) is 10.1 Å². The zero-order valence-electron chi connectivity index (χ0n) is 12.7. The largest absolute Gasteiger partial charge is 0.337 e. The van der Waals surface area contributed by atoms with Crippen LogP contribution in [0.3, 0.4) is 0 Å². The summed E-state index contributed by atoms with van der Waals surface area (Å²) < 4.78 is 13.7. The first-order valence-corrected chi connectivity index (χ1v) is 7.97. The Morgan fingerprint density at radius 1 is 1.30 bits per heavy atom. The van der Waals surface area contributed by atoms with E-state index in [4.69, 9.17) is 0 Å². The third-order valence-corrected chi connectivity index (χ3v) is 4.12. The molecule has 0 spiro atoms. The molecule has 0 fully saturated rings. The Morgan fingerprint density at radius 3 is 2.61 bits per heavy atom. The van der Waals surface area contributed by atoms with E-state index in [1.165, 1.54) is 35.8 Å². The average molecular weight is 334 g/mol. The Balaban J connectivity index is 2.24. The molecule has 120 valence electrons. The van der Waals surface area contributed by atoms with Gasteiger partial charge >= 0.3 is 0 Å². The minimum atomic E-state index is -0.514. The van der Waals surface area contributed by atoms with E-state index in [2.05, 4.69) is 0 Å². The van der Waals surface area contributed by atoms with E-state index in [9.17, 15) is 19.3 Å². The molecule has 23 heavy (non-hydrogen) atoms. The third-order valence-electron chi connectivity index (χ3n) is 3.33. The van der Waals surface area contributed by atoms with Crippen LogP contribution in [0.25, 0.3) is 0 Å². The summed E-state index contributed by atoms with van der Waals surface area (Å²) in [5, 5.41) is 11.1. The third kappa shape index (κ3) is 3.87. The standard InChI is InChI=1S/C16H15FN2O3S/c1-18(10-12-5-3-4-6-13(12)17)16(20)11-7-8-15(23-2)14(9-11)19(21)22/h3-9H,10H2,1-2H3. The maximum Gasteiger partial charge on any atom is 0.283 e. The Labute approximate surface area is 137 Å². The van der Waals surface area contributed by atoms with Crippen LogP contribution < -0.4 is 0 Å². The molecule has 0 aliphatic rings. The zero-order chi connectivity index (χ0) is 17.0. The molecule has 0 bridgehead atoms. The van der Waals surface area contributed by atoms with Crippen molar-refractivity contribution in [2.24, 2.45) is 0 Å². The summed E-state index contributed by atoms with van der Waals surface area (Å²) in [6, 6.07) is 10.5. The zero-order valence-corrected chi connectivity index (χ0v) is 13.5. The number of nitrogens with zero attached hydrogens (tertiary/aromatic N) is 2. The number of rotatable bonds is 5. The maximum absolute atomic E-state index is 13.7. The molecule has 0 radical (unpaired) electrons. The fraction of sp³-hybridized carbons (Fsp3) is 0.188.